The van der Waals surface area contributed by atoms with E-state index in [0.717, 1.165) is 5.57 Å². The van der Waals surface area contributed by atoms with Crippen molar-refractivity contribution < 1.29 is 9.53 Å². The molecule has 0 saturated heterocycles. The van der Waals surface area contributed by atoms with E-state index in [4.69, 9.17) is 4.74 Å². The Balaban J connectivity index is 3.13. The van der Waals surface area contributed by atoms with E-state index in [0.29, 0.717) is 23.6 Å². The highest BCUT2D eigenvalue weighted by atomic mass is 16.5. The van der Waals surface area contributed by atoms with Gasteiger partial charge in [0.05, 0.1) is 7.11 Å². The molecule has 0 N–H and O–H groups in total. The molecule has 0 atom stereocenters. The summed E-state index contributed by atoms with van der Waals surface area (Å²) in [7, 11) is 1.50. The number of hydrogen-bond donors (Lipinski definition) is 0. The molecule has 0 aliphatic carbocycles. The topological polar surface area (TPSA) is 51.5 Å². The smallest absolute Gasteiger partial charge is 0.240 e. The predicted molar refractivity (Wildman–Crippen MR) is 68.4 cm³/mol. The molecule has 0 aliphatic heterocycles. The maximum Gasteiger partial charge on any atom is 0.240 e. The molecule has 1 rings (SSSR count). The Morgan fingerprint density at radius 3 is 2.82 bits per heavy atom. The number of Topliss-reactive ketones (excluding diaryl/α,β-unsaturated/α-hetero) is 1. The van der Waals surface area contributed by atoms with Gasteiger partial charge in [-0.1, -0.05) is 12.2 Å². The van der Waals surface area contributed by atoms with Crippen LogP contribution in [0.3, 0.4) is 0 Å². The summed E-state index contributed by atoms with van der Waals surface area (Å²) in [5.41, 5.74) is 1.99. The number of hydrogen-bond acceptors (Lipinski definition) is 4. The average Bonchev–Trinajstić information content (AvgIpc) is 2.28. The lowest BCUT2D eigenvalue weighted by molar-refractivity contribution is 0.101. The Hall–Kier alpha value is -1.97. The van der Waals surface area contributed by atoms with Crippen molar-refractivity contribution in [2.45, 2.75) is 20.3 Å². The van der Waals surface area contributed by atoms with Crippen molar-refractivity contribution in [2.24, 2.45) is 4.99 Å². The third-order valence-electron chi connectivity index (χ3n) is 2.12. The highest BCUT2D eigenvalue weighted by Crippen LogP contribution is 2.29. The third kappa shape index (κ3) is 3.52. The van der Waals surface area contributed by atoms with Crippen LogP contribution in [-0.4, -0.2) is 24.1 Å². The number of aliphatic imine (C=N–C) groups is 1. The van der Waals surface area contributed by atoms with Crippen molar-refractivity contribution in [1.29, 1.82) is 0 Å². The van der Waals surface area contributed by atoms with Crippen molar-refractivity contribution in [2.75, 3.05) is 7.11 Å². The van der Waals surface area contributed by atoms with Crippen molar-refractivity contribution in [1.82, 2.24) is 4.98 Å². The second-order valence-electron chi connectivity index (χ2n) is 3.75. The first-order valence-corrected chi connectivity index (χ1v) is 5.27. The van der Waals surface area contributed by atoms with Gasteiger partial charge in [0.1, 0.15) is 5.69 Å². The number of allylic oxidation sites excluding steroid dienone is 1. The zero-order valence-corrected chi connectivity index (χ0v) is 10.4. The number of pyridine rings is 1. The summed E-state index contributed by atoms with van der Waals surface area (Å²) < 4.78 is 5.09. The second kappa shape index (κ2) is 5.94. The minimum absolute atomic E-state index is 0.0619. The Kier molecular flexibility index (Phi) is 4.57. The average molecular weight is 232 g/mol. The fraction of sp³-hybridized carbons (Fsp3) is 0.308. The van der Waals surface area contributed by atoms with Crippen LogP contribution in [-0.2, 0) is 0 Å². The van der Waals surface area contributed by atoms with E-state index in [1.54, 1.807) is 12.3 Å². The number of ketones is 1. The first-order valence-electron chi connectivity index (χ1n) is 5.27. The number of carbonyl (C=O) groups excluding carboxylic acids is 1. The molecule has 4 heteroatoms. The number of aromatic nitrogens is 1. The lowest BCUT2D eigenvalue weighted by atomic mass is 10.1. The number of rotatable bonds is 5. The summed E-state index contributed by atoms with van der Waals surface area (Å²) in [6, 6.07) is 1.64. The van der Waals surface area contributed by atoms with Crippen LogP contribution >= 0.6 is 0 Å². The van der Waals surface area contributed by atoms with Crippen LogP contribution in [0.5, 0.6) is 5.88 Å². The number of methoxy groups -OCH3 is 1. The van der Waals surface area contributed by atoms with Gasteiger partial charge in [-0.05, 0) is 19.9 Å². The zero-order valence-electron chi connectivity index (χ0n) is 10.4. The molecule has 0 radical (unpaired) electrons. The largest absolute Gasteiger partial charge is 0.479 e. The summed E-state index contributed by atoms with van der Waals surface area (Å²) in [5, 5.41) is 0. The van der Waals surface area contributed by atoms with Crippen LogP contribution in [0.1, 0.15) is 30.6 Å². The normalized spacial score (nSPS) is 10.5. The molecule has 1 aromatic rings. The molecule has 0 aliphatic rings. The van der Waals surface area contributed by atoms with E-state index >= 15 is 0 Å². The Labute approximate surface area is 101 Å². The SMILES string of the molecule is C=C(C)C/C=N\c1c(C(C)=O)ccnc1OC. The molecule has 0 bridgehead atoms. The summed E-state index contributed by atoms with van der Waals surface area (Å²) in [6.45, 7) is 7.19. The van der Waals surface area contributed by atoms with Gasteiger partial charge < -0.3 is 4.74 Å². The lowest BCUT2D eigenvalue weighted by Gasteiger charge is -2.06. The van der Waals surface area contributed by atoms with Gasteiger partial charge in [0.2, 0.25) is 5.88 Å². The van der Waals surface area contributed by atoms with Crippen molar-refractivity contribution in [3.8, 4) is 5.88 Å². The van der Waals surface area contributed by atoms with E-state index in [2.05, 4.69) is 16.6 Å². The van der Waals surface area contributed by atoms with E-state index in [1.807, 2.05) is 6.92 Å². The van der Waals surface area contributed by atoms with E-state index in [1.165, 1.54) is 20.2 Å². The Morgan fingerprint density at radius 2 is 2.29 bits per heavy atom. The molecular weight excluding hydrogens is 216 g/mol. The number of carbonyl (C=O) groups is 1. The summed E-state index contributed by atoms with van der Waals surface area (Å²) >= 11 is 0. The van der Waals surface area contributed by atoms with E-state index in [-0.39, 0.29) is 5.78 Å². The quantitative estimate of drug-likeness (QED) is 0.445. The van der Waals surface area contributed by atoms with Crippen LogP contribution in [0.2, 0.25) is 0 Å². The van der Waals surface area contributed by atoms with Crippen molar-refractivity contribution in [3.05, 3.63) is 30.0 Å². The molecule has 1 heterocycles. The zero-order chi connectivity index (χ0) is 12.8. The van der Waals surface area contributed by atoms with Crippen LogP contribution in [0, 0.1) is 0 Å². The monoisotopic (exact) mass is 232 g/mol. The fourth-order valence-corrected chi connectivity index (χ4v) is 1.29. The van der Waals surface area contributed by atoms with Gasteiger partial charge in [-0.25, -0.2) is 4.98 Å². The maximum absolute atomic E-state index is 11.5. The molecule has 0 spiro atoms. The van der Waals surface area contributed by atoms with Crippen LogP contribution in [0.15, 0.2) is 29.4 Å². The maximum atomic E-state index is 11.5. The molecular formula is C13H16N2O2. The van der Waals surface area contributed by atoms with E-state index in [9.17, 15) is 4.79 Å². The number of ether oxygens (including phenoxy) is 1. The summed E-state index contributed by atoms with van der Waals surface area (Å²) in [4.78, 5) is 19.7. The van der Waals surface area contributed by atoms with Crippen LogP contribution in [0.4, 0.5) is 5.69 Å². The fourth-order valence-electron chi connectivity index (χ4n) is 1.29. The highest BCUT2D eigenvalue weighted by Gasteiger charge is 2.12. The van der Waals surface area contributed by atoms with E-state index < -0.39 is 0 Å². The summed E-state index contributed by atoms with van der Waals surface area (Å²) in [6.07, 6.45) is 3.90. The molecule has 4 nitrogen and oxygen atoms in total. The van der Waals surface area contributed by atoms with Crippen molar-refractivity contribution in [3.63, 3.8) is 0 Å². The summed E-state index contributed by atoms with van der Waals surface area (Å²) in [5.74, 6) is 0.295. The predicted octanol–water partition coefficient (Wildman–Crippen LogP) is 2.96. The highest BCUT2D eigenvalue weighted by molar-refractivity contribution is 6.00. The van der Waals surface area contributed by atoms with Gasteiger partial charge >= 0.3 is 0 Å². The van der Waals surface area contributed by atoms with Crippen LogP contribution in [0.25, 0.3) is 0 Å². The molecule has 0 amide bonds. The van der Waals surface area contributed by atoms with Crippen molar-refractivity contribution >= 4 is 17.7 Å². The van der Waals surface area contributed by atoms with Gasteiger partial charge in [-0.3, -0.25) is 9.79 Å². The first kappa shape index (κ1) is 13.1. The molecule has 0 fully saturated rings. The van der Waals surface area contributed by atoms with Gasteiger partial charge in [0, 0.05) is 24.4 Å². The number of nitrogens with zero attached hydrogens (tertiary/aromatic N) is 2. The van der Waals surface area contributed by atoms with Gasteiger partial charge in [-0.2, -0.15) is 0 Å². The molecule has 90 valence electrons. The molecule has 0 unspecified atom stereocenters. The third-order valence-corrected chi connectivity index (χ3v) is 2.12. The Morgan fingerprint density at radius 1 is 1.59 bits per heavy atom. The standard InChI is InChI=1S/C13H16N2O2/c1-9(2)5-7-14-12-11(10(3)16)6-8-15-13(12)17-4/h6-8H,1,5H2,2-4H3/b14-7-. The molecule has 0 aromatic carbocycles. The van der Waals surface area contributed by atoms with Gasteiger partial charge in [0.25, 0.3) is 0 Å². The first-order chi connectivity index (χ1) is 8.06. The van der Waals surface area contributed by atoms with Gasteiger partial charge in [-0.15, -0.1) is 0 Å². The minimum Gasteiger partial charge on any atom is -0.479 e. The molecule has 17 heavy (non-hydrogen) atoms. The molecule has 0 saturated carbocycles. The second-order valence-corrected chi connectivity index (χ2v) is 3.75. The lowest BCUT2D eigenvalue weighted by Crippen LogP contribution is -1.97. The van der Waals surface area contributed by atoms with Crippen LogP contribution < -0.4 is 4.74 Å². The van der Waals surface area contributed by atoms with Gasteiger partial charge in [0.15, 0.2) is 5.78 Å². The minimum atomic E-state index is -0.0619. The Bertz CT molecular complexity index is 464. The molecule has 1 aromatic heterocycles.